The lowest BCUT2D eigenvalue weighted by Crippen LogP contribution is -2.29. The van der Waals surface area contributed by atoms with Crippen LogP contribution in [0.4, 0.5) is 5.82 Å². The molecule has 0 bridgehead atoms. The summed E-state index contributed by atoms with van der Waals surface area (Å²) in [5.74, 6) is 0.938. The number of rotatable bonds is 3. The number of hydrogen-bond acceptors (Lipinski definition) is 3. The first-order valence-electron chi connectivity index (χ1n) is 4.94. The number of anilines is 1. The molecule has 3 nitrogen and oxygen atoms in total. The summed E-state index contributed by atoms with van der Waals surface area (Å²) in [7, 11) is 0. The zero-order chi connectivity index (χ0) is 9.80. The van der Waals surface area contributed by atoms with Gasteiger partial charge < -0.3 is 10.6 Å². The molecule has 84 valence electrons. The largest absolute Gasteiger partial charge is 0.368 e. The van der Waals surface area contributed by atoms with E-state index in [1.807, 2.05) is 18.2 Å². The molecule has 1 aromatic rings. The van der Waals surface area contributed by atoms with Gasteiger partial charge in [0.1, 0.15) is 10.4 Å². The highest BCUT2D eigenvalue weighted by Gasteiger charge is 2.13. The van der Waals surface area contributed by atoms with Crippen molar-refractivity contribution in [1.82, 2.24) is 10.3 Å². The smallest absolute Gasteiger partial charge is 0.127 e. The van der Waals surface area contributed by atoms with Gasteiger partial charge in [-0.2, -0.15) is 0 Å². The second-order valence-electron chi connectivity index (χ2n) is 3.52. The fourth-order valence-corrected chi connectivity index (χ4v) is 2.01. The molecule has 15 heavy (non-hydrogen) atoms. The third-order valence-corrected chi connectivity index (χ3v) is 2.85. The van der Waals surface area contributed by atoms with Gasteiger partial charge in [0, 0.05) is 12.6 Å². The first kappa shape index (κ1) is 12.7. The van der Waals surface area contributed by atoms with E-state index in [0.29, 0.717) is 6.04 Å². The second-order valence-corrected chi connectivity index (χ2v) is 4.33. The maximum absolute atomic E-state index is 4.31. The monoisotopic (exact) mass is 291 g/mol. The summed E-state index contributed by atoms with van der Waals surface area (Å²) in [5, 5.41) is 6.76. The van der Waals surface area contributed by atoms with Crippen LogP contribution >= 0.6 is 28.3 Å². The van der Waals surface area contributed by atoms with Crippen LogP contribution in [0.5, 0.6) is 0 Å². The van der Waals surface area contributed by atoms with Gasteiger partial charge in [0.15, 0.2) is 0 Å². The van der Waals surface area contributed by atoms with E-state index in [-0.39, 0.29) is 12.4 Å². The SMILES string of the molecule is Brc1cccc(NCC2CCCN2)n1.Cl. The van der Waals surface area contributed by atoms with Crippen LogP contribution in [-0.2, 0) is 0 Å². The lowest BCUT2D eigenvalue weighted by Gasteiger charge is -2.11. The minimum atomic E-state index is 0. The van der Waals surface area contributed by atoms with Crippen LogP contribution in [0, 0.1) is 0 Å². The molecule has 1 fully saturated rings. The van der Waals surface area contributed by atoms with Gasteiger partial charge in [-0.25, -0.2) is 4.98 Å². The van der Waals surface area contributed by atoms with Crippen LogP contribution in [0.25, 0.3) is 0 Å². The van der Waals surface area contributed by atoms with Crippen molar-refractivity contribution >= 4 is 34.2 Å². The van der Waals surface area contributed by atoms with E-state index in [0.717, 1.165) is 23.5 Å². The molecule has 0 spiro atoms. The fourth-order valence-electron chi connectivity index (χ4n) is 1.67. The summed E-state index contributed by atoms with van der Waals surface area (Å²) in [6.45, 7) is 2.11. The molecule has 0 saturated carbocycles. The lowest BCUT2D eigenvalue weighted by atomic mass is 10.2. The third-order valence-electron chi connectivity index (χ3n) is 2.41. The summed E-state index contributed by atoms with van der Waals surface area (Å²) in [4.78, 5) is 4.31. The standard InChI is InChI=1S/C10H14BrN3.ClH/c11-9-4-1-5-10(14-9)13-7-8-3-2-6-12-8;/h1,4-5,8,12H,2-3,6-7H2,(H,13,14);1H. The van der Waals surface area contributed by atoms with Gasteiger partial charge in [0.2, 0.25) is 0 Å². The van der Waals surface area contributed by atoms with Crippen LogP contribution < -0.4 is 10.6 Å². The Labute approximate surface area is 105 Å². The molecule has 1 unspecified atom stereocenters. The highest BCUT2D eigenvalue weighted by atomic mass is 79.9. The number of aromatic nitrogens is 1. The van der Waals surface area contributed by atoms with Gasteiger partial charge in [-0.05, 0) is 47.4 Å². The van der Waals surface area contributed by atoms with E-state index >= 15 is 0 Å². The predicted octanol–water partition coefficient (Wildman–Crippen LogP) is 2.43. The van der Waals surface area contributed by atoms with Crippen LogP contribution in [0.3, 0.4) is 0 Å². The van der Waals surface area contributed by atoms with Gasteiger partial charge in [-0.15, -0.1) is 12.4 Å². The number of pyridine rings is 1. The first-order chi connectivity index (χ1) is 6.84. The molecule has 1 atom stereocenters. The van der Waals surface area contributed by atoms with Crippen LogP contribution in [-0.4, -0.2) is 24.1 Å². The molecule has 0 aliphatic carbocycles. The fraction of sp³-hybridized carbons (Fsp3) is 0.500. The molecule has 0 radical (unpaired) electrons. The maximum atomic E-state index is 4.31. The Morgan fingerprint density at radius 1 is 1.53 bits per heavy atom. The van der Waals surface area contributed by atoms with Crippen molar-refractivity contribution < 1.29 is 0 Å². The van der Waals surface area contributed by atoms with Crippen molar-refractivity contribution in [3.8, 4) is 0 Å². The van der Waals surface area contributed by atoms with Gasteiger partial charge >= 0.3 is 0 Å². The summed E-state index contributed by atoms with van der Waals surface area (Å²) < 4.78 is 0.877. The Bertz CT molecular complexity index is 302. The Balaban J connectivity index is 0.00000112. The summed E-state index contributed by atoms with van der Waals surface area (Å²) in [5.41, 5.74) is 0. The summed E-state index contributed by atoms with van der Waals surface area (Å²) in [6, 6.07) is 6.51. The Morgan fingerprint density at radius 3 is 3.07 bits per heavy atom. The summed E-state index contributed by atoms with van der Waals surface area (Å²) in [6.07, 6.45) is 2.55. The molecule has 2 rings (SSSR count). The van der Waals surface area contributed by atoms with Gasteiger partial charge in [-0.1, -0.05) is 6.07 Å². The lowest BCUT2D eigenvalue weighted by molar-refractivity contribution is 0.632. The van der Waals surface area contributed by atoms with Crippen LogP contribution in [0.15, 0.2) is 22.8 Å². The molecule has 1 aliphatic heterocycles. The van der Waals surface area contributed by atoms with Crippen molar-refractivity contribution in [2.75, 3.05) is 18.4 Å². The molecule has 1 aliphatic rings. The molecular weight excluding hydrogens is 277 g/mol. The molecule has 2 heterocycles. The highest BCUT2D eigenvalue weighted by molar-refractivity contribution is 9.10. The zero-order valence-electron chi connectivity index (χ0n) is 8.37. The topological polar surface area (TPSA) is 37.0 Å². The van der Waals surface area contributed by atoms with Crippen molar-refractivity contribution in [3.63, 3.8) is 0 Å². The van der Waals surface area contributed by atoms with Crippen molar-refractivity contribution in [2.24, 2.45) is 0 Å². The number of halogens is 2. The minimum absolute atomic E-state index is 0. The van der Waals surface area contributed by atoms with Gasteiger partial charge in [0.25, 0.3) is 0 Å². The minimum Gasteiger partial charge on any atom is -0.368 e. The Morgan fingerprint density at radius 2 is 2.40 bits per heavy atom. The third kappa shape index (κ3) is 3.97. The Kier molecular flexibility index (Phi) is 5.36. The molecule has 5 heteroatoms. The Hall–Kier alpha value is -0.320. The van der Waals surface area contributed by atoms with E-state index in [2.05, 4.69) is 31.5 Å². The molecule has 2 N–H and O–H groups in total. The molecule has 0 amide bonds. The van der Waals surface area contributed by atoms with E-state index in [1.165, 1.54) is 12.8 Å². The highest BCUT2D eigenvalue weighted by Crippen LogP contribution is 2.11. The van der Waals surface area contributed by atoms with Crippen molar-refractivity contribution in [2.45, 2.75) is 18.9 Å². The second kappa shape index (κ2) is 6.30. The molecule has 0 aromatic carbocycles. The molecule has 1 saturated heterocycles. The maximum Gasteiger partial charge on any atom is 0.127 e. The van der Waals surface area contributed by atoms with Gasteiger partial charge in [0.05, 0.1) is 0 Å². The van der Waals surface area contributed by atoms with E-state index < -0.39 is 0 Å². The average molecular weight is 293 g/mol. The van der Waals surface area contributed by atoms with Crippen molar-refractivity contribution in [1.29, 1.82) is 0 Å². The molecule has 1 aromatic heterocycles. The van der Waals surface area contributed by atoms with E-state index in [9.17, 15) is 0 Å². The van der Waals surface area contributed by atoms with E-state index in [4.69, 9.17) is 0 Å². The summed E-state index contributed by atoms with van der Waals surface area (Å²) >= 11 is 3.35. The van der Waals surface area contributed by atoms with Crippen LogP contribution in [0.2, 0.25) is 0 Å². The number of hydrogen-bond donors (Lipinski definition) is 2. The van der Waals surface area contributed by atoms with Crippen LogP contribution in [0.1, 0.15) is 12.8 Å². The number of nitrogens with one attached hydrogen (secondary N) is 2. The molecular formula is C10H15BrClN3. The predicted molar refractivity (Wildman–Crippen MR) is 68.7 cm³/mol. The number of nitrogens with zero attached hydrogens (tertiary/aromatic N) is 1. The normalized spacial score (nSPS) is 19.7. The quantitative estimate of drug-likeness (QED) is 0.840. The first-order valence-corrected chi connectivity index (χ1v) is 5.74. The average Bonchev–Trinajstić information content (AvgIpc) is 2.67. The zero-order valence-corrected chi connectivity index (χ0v) is 10.8. The van der Waals surface area contributed by atoms with Gasteiger partial charge in [-0.3, -0.25) is 0 Å². The van der Waals surface area contributed by atoms with Crippen molar-refractivity contribution in [3.05, 3.63) is 22.8 Å². The van der Waals surface area contributed by atoms with E-state index in [1.54, 1.807) is 0 Å².